The molecule has 1 aromatic rings. The zero-order chi connectivity index (χ0) is 9.35. The maximum Gasteiger partial charge on any atom is 0.164 e. The molecule has 0 aliphatic rings. The SMILES string of the molecule is CC(C)(C)c1cnn(O)c(=S)c1. The number of hydrogen-bond donors (Lipinski definition) is 1. The van der Waals surface area contributed by atoms with Crippen LogP contribution in [0.15, 0.2) is 12.3 Å². The summed E-state index contributed by atoms with van der Waals surface area (Å²) in [6.07, 6.45) is 1.62. The van der Waals surface area contributed by atoms with Gasteiger partial charge in [0, 0.05) is 0 Å². The van der Waals surface area contributed by atoms with Gasteiger partial charge in [-0.05, 0) is 17.0 Å². The average Bonchev–Trinajstić information content (AvgIpc) is 1.92. The van der Waals surface area contributed by atoms with Crippen LogP contribution in [-0.4, -0.2) is 15.2 Å². The van der Waals surface area contributed by atoms with E-state index in [0.717, 1.165) is 5.56 Å². The molecule has 0 atom stereocenters. The average molecular weight is 184 g/mol. The third-order valence-corrected chi connectivity index (χ3v) is 1.93. The normalized spacial score (nSPS) is 11.6. The van der Waals surface area contributed by atoms with Crippen molar-refractivity contribution in [2.24, 2.45) is 0 Å². The molecule has 1 rings (SSSR count). The Kier molecular flexibility index (Phi) is 2.19. The van der Waals surface area contributed by atoms with Gasteiger partial charge in [-0.1, -0.05) is 37.8 Å². The lowest BCUT2D eigenvalue weighted by Gasteiger charge is -2.17. The molecule has 0 saturated carbocycles. The van der Waals surface area contributed by atoms with E-state index in [1.165, 1.54) is 0 Å². The second-order valence-electron chi connectivity index (χ2n) is 3.72. The van der Waals surface area contributed by atoms with E-state index >= 15 is 0 Å². The molecule has 12 heavy (non-hydrogen) atoms. The molecular weight excluding hydrogens is 172 g/mol. The molecule has 0 aromatic carbocycles. The quantitative estimate of drug-likeness (QED) is 0.496. The monoisotopic (exact) mass is 184 g/mol. The van der Waals surface area contributed by atoms with Gasteiger partial charge in [-0.15, -0.1) is 5.10 Å². The molecule has 1 heterocycles. The molecule has 0 aliphatic carbocycles. The van der Waals surface area contributed by atoms with Crippen LogP contribution < -0.4 is 0 Å². The maximum absolute atomic E-state index is 9.01. The first-order valence-electron chi connectivity index (χ1n) is 3.70. The molecule has 0 spiro atoms. The fourth-order valence-corrected chi connectivity index (χ4v) is 0.986. The molecule has 0 saturated heterocycles. The van der Waals surface area contributed by atoms with Gasteiger partial charge in [0.2, 0.25) is 0 Å². The Bertz CT molecular complexity index is 338. The highest BCUT2D eigenvalue weighted by molar-refractivity contribution is 7.71. The van der Waals surface area contributed by atoms with Gasteiger partial charge >= 0.3 is 0 Å². The molecule has 0 fully saturated rings. The molecule has 0 aliphatic heterocycles. The van der Waals surface area contributed by atoms with E-state index in [2.05, 4.69) is 25.9 Å². The van der Waals surface area contributed by atoms with E-state index in [-0.39, 0.29) is 5.41 Å². The summed E-state index contributed by atoms with van der Waals surface area (Å²) in [6.45, 7) is 6.21. The zero-order valence-corrected chi connectivity index (χ0v) is 8.22. The van der Waals surface area contributed by atoms with E-state index in [4.69, 9.17) is 17.4 Å². The maximum atomic E-state index is 9.01. The first-order valence-corrected chi connectivity index (χ1v) is 4.11. The van der Waals surface area contributed by atoms with Gasteiger partial charge in [0.25, 0.3) is 0 Å². The van der Waals surface area contributed by atoms with E-state index < -0.39 is 0 Å². The Hall–Kier alpha value is -0.900. The molecule has 0 unspecified atom stereocenters. The minimum absolute atomic E-state index is 0.0226. The standard InChI is InChI=1S/C8H12N2OS/c1-8(2,3)6-4-7(12)10(11)9-5-6/h4-5,11H,1-3H3. The molecule has 4 heteroatoms. The second-order valence-corrected chi connectivity index (χ2v) is 4.14. The van der Waals surface area contributed by atoms with Crippen LogP contribution in [0.2, 0.25) is 0 Å². The summed E-state index contributed by atoms with van der Waals surface area (Å²) in [7, 11) is 0. The van der Waals surface area contributed by atoms with Crippen molar-refractivity contribution in [1.82, 2.24) is 9.94 Å². The van der Waals surface area contributed by atoms with E-state index in [0.29, 0.717) is 9.49 Å². The van der Waals surface area contributed by atoms with Crippen LogP contribution in [-0.2, 0) is 5.41 Å². The van der Waals surface area contributed by atoms with Crippen molar-refractivity contribution in [1.29, 1.82) is 0 Å². The first-order chi connectivity index (χ1) is 5.41. The first kappa shape index (κ1) is 9.19. The third-order valence-electron chi connectivity index (χ3n) is 1.65. The Labute approximate surface area is 76.6 Å². The van der Waals surface area contributed by atoms with Crippen LogP contribution in [0, 0.1) is 4.64 Å². The predicted octanol–water partition coefficient (Wildman–Crippen LogP) is 2.15. The fourth-order valence-electron chi connectivity index (χ4n) is 0.812. The van der Waals surface area contributed by atoms with Crippen molar-refractivity contribution in [3.63, 3.8) is 0 Å². The van der Waals surface area contributed by atoms with Crippen molar-refractivity contribution >= 4 is 12.2 Å². The Morgan fingerprint density at radius 1 is 1.50 bits per heavy atom. The van der Waals surface area contributed by atoms with E-state index in [1.54, 1.807) is 12.3 Å². The Morgan fingerprint density at radius 2 is 2.08 bits per heavy atom. The van der Waals surface area contributed by atoms with Gasteiger partial charge in [0.1, 0.15) is 0 Å². The van der Waals surface area contributed by atoms with Gasteiger partial charge in [-0.2, -0.15) is 0 Å². The van der Waals surface area contributed by atoms with Crippen LogP contribution in [0.5, 0.6) is 0 Å². The second kappa shape index (κ2) is 2.86. The van der Waals surface area contributed by atoms with Gasteiger partial charge in [-0.25, -0.2) is 0 Å². The van der Waals surface area contributed by atoms with Crippen molar-refractivity contribution in [3.8, 4) is 0 Å². The highest BCUT2D eigenvalue weighted by Crippen LogP contribution is 2.20. The lowest BCUT2D eigenvalue weighted by molar-refractivity contribution is 0.139. The number of aromatic nitrogens is 2. The predicted molar refractivity (Wildman–Crippen MR) is 48.9 cm³/mol. The Morgan fingerprint density at radius 3 is 2.50 bits per heavy atom. The Balaban J connectivity index is 3.23. The van der Waals surface area contributed by atoms with Crippen LogP contribution in [0.25, 0.3) is 0 Å². The molecule has 0 bridgehead atoms. The van der Waals surface area contributed by atoms with Crippen molar-refractivity contribution in [2.45, 2.75) is 26.2 Å². The number of nitrogens with zero attached hydrogens (tertiary/aromatic N) is 2. The fraction of sp³-hybridized carbons (Fsp3) is 0.500. The van der Waals surface area contributed by atoms with Gasteiger partial charge in [0.05, 0.1) is 6.20 Å². The van der Waals surface area contributed by atoms with Crippen LogP contribution in [0.3, 0.4) is 0 Å². The molecule has 66 valence electrons. The van der Waals surface area contributed by atoms with Crippen LogP contribution >= 0.6 is 12.2 Å². The molecule has 3 nitrogen and oxygen atoms in total. The van der Waals surface area contributed by atoms with Gasteiger partial charge < -0.3 is 5.21 Å². The van der Waals surface area contributed by atoms with Crippen molar-refractivity contribution in [2.75, 3.05) is 0 Å². The van der Waals surface area contributed by atoms with Crippen molar-refractivity contribution in [3.05, 3.63) is 22.5 Å². The summed E-state index contributed by atoms with van der Waals surface area (Å²) in [4.78, 5) is 0.699. The summed E-state index contributed by atoms with van der Waals surface area (Å²) in [5.74, 6) is 0. The smallest absolute Gasteiger partial charge is 0.164 e. The highest BCUT2D eigenvalue weighted by Gasteiger charge is 2.14. The summed E-state index contributed by atoms with van der Waals surface area (Å²) in [5.41, 5.74) is 1.05. The molecule has 0 radical (unpaired) electrons. The van der Waals surface area contributed by atoms with E-state index in [9.17, 15) is 0 Å². The summed E-state index contributed by atoms with van der Waals surface area (Å²) >= 11 is 4.86. The molecule has 1 aromatic heterocycles. The van der Waals surface area contributed by atoms with Crippen LogP contribution in [0.1, 0.15) is 26.3 Å². The van der Waals surface area contributed by atoms with Crippen LogP contribution in [0.4, 0.5) is 0 Å². The van der Waals surface area contributed by atoms with E-state index in [1.807, 2.05) is 0 Å². The molecular formula is C8H12N2OS. The van der Waals surface area contributed by atoms with Gasteiger partial charge in [-0.3, -0.25) is 0 Å². The summed E-state index contributed by atoms with van der Waals surface area (Å²) < 4.78 is 0.336. The minimum atomic E-state index is 0.0226. The molecule has 1 N–H and O–H groups in total. The number of rotatable bonds is 0. The summed E-state index contributed by atoms with van der Waals surface area (Å²) in [6, 6.07) is 1.75. The molecule has 0 amide bonds. The minimum Gasteiger partial charge on any atom is -0.411 e. The summed E-state index contributed by atoms with van der Waals surface area (Å²) in [5, 5.41) is 12.7. The largest absolute Gasteiger partial charge is 0.411 e. The van der Waals surface area contributed by atoms with Gasteiger partial charge in [0.15, 0.2) is 4.64 Å². The lowest BCUT2D eigenvalue weighted by atomic mass is 9.89. The topological polar surface area (TPSA) is 38.0 Å². The van der Waals surface area contributed by atoms with Crippen molar-refractivity contribution < 1.29 is 5.21 Å². The zero-order valence-electron chi connectivity index (χ0n) is 7.40. The number of hydrogen-bond acceptors (Lipinski definition) is 3. The lowest BCUT2D eigenvalue weighted by Crippen LogP contribution is -2.13. The third kappa shape index (κ3) is 1.82. The highest BCUT2D eigenvalue weighted by atomic mass is 32.1.